The lowest BCUT2D eigenvalue weighted by Crippen LogP contribution is -2.19. The van der Waals surface area contributed by atoms with Crippen LogP contribution in [-0.4, -0.2) is 25.7 Å². The third kappa shape index (κ3) is 3.54. The number of H-pyrrole nitrogens is 1. The second-order valence-corrected chi connectivity index (χ2v) is 7.14. The molecule has 2 aromatic carbocycles. The summed E-state index contributed by atoms with van der Waals surface area (Å²) < 4.78 is 2.05. The number of fused-ring (bicyclic) bond motifs is 1. The van der Waals surface area contributed by atoms with E-state index in [2.05, 4.69) is 20.5 Å². The Morgan fingerprint density at radius 1 is 1.25 bits per heavy atom. The monoisotopic (exact) mass is 409 g/mol. The van der Waals surface area contributed by atoms with Gasteiger partial charge in [0.25, 0.3) is 0 Å². The minimum atomic E-state index is -0.235. The van der Waals surface area contributed by atoms with Crippen LogP contribution >= 0.6 is 23.8 Å². The zero-order chi connectivity index (χ0) is 19.7. The number of carbonyl (C=O) groups excluding carboxylic acids is 1. The third-order valence-corrected chi connectivity index (χ3v) is 4.97. The van der Waals surface area contributed by atoms with E-state index in [0.29, 0.717) is 26.8 Å². The molecule has 1 amide bonds. The highest BCUT2D eigenvalue weighted by molar-refractivity contribution is 7.71. The molecular weight excluding hydrogens is 394 g/mol. The Labute approximate surface area is 171 Å². The van der Waals surface area contributed by atoms with Crippen molar-refractivity contribution in [2.75, 3.05) is 5.32 Å². The van der Waals surface area contributed by atoms with Crippen molar-refractivity contribution in [3.05, 3.63) is 70.1 Å². The second kappa shape index (κ2) is 7.53. The molecule has 2 N–H and O–H groups in total. The van der Waals surface area contributed by atoms with Crippen molar-refractivity contribution in [3.63, 3.8) is 0 Å². The Morgan fingerprint density at radius 2 is 2.11 bits per heavy atom. The zero-order valence-corrected chi connectivity index (χ0v) is 16.5. The van der Waals surface area contributed by atoms with Gasteiger partial charge in [-0.25, -0.2) is 0 Å². The molecule has 2 aromatic heterocycles. The maximum Gasteiger partial charge on any atom is 0.244 e. The van der Waals surface area contributed by atoms with Gasteiger partial charge in [-0.2, -0.15) is 5.10 Å². The highest BCUT2D eigenvalue weighted by Gasteiger charge is 2.14. The van der Waals surface area contributed by atoms with Crippen LogP contribution in [-0.2, 0) is 11.3 Å². The zero-order valence-electron chi connectivity index (χ0n) is 14.9. The Kier molecular flexibility index (Phi) is 4.93. The fourth-order valence-corrected chi connectivity index (χ4v) is 3.45. The first-order valence-electron chi connectivity index (χ1n) is 8.58. The number of halogens is 1. The number of carbonyl (C=O) groups is 1. The first-order chi connectivity index (χ1) is 13.5. The standard InChI is InChI=1S/C20H16ClN5OS/c1-12-4-2-5-13(10-12)19-24-25-20(28)26(19)11-17(27)23-16-8-7-15(21)14-6-3-9-22-18(14)16/h2-10H,11H2,1H3,(H,23,27)(H,25,28). The van der Waals surface area contributed by atoms with E-state index in [4.69, 9.17) is 23.8 Å². The molecule has 4 rings (SSSR count). The summed E-state index contributed by atoms with van der Waals surface area (Å²) in [4.78, 5) is 17.1. The fourth-order valence-electron chi connectivity index (χ4n) is 3.04. The lowest BCUT2D eigenvalue weighted by atomic mass is 10.1. The smallest absolute Gasteiger partial charge is 0.244 e. The molecule has 0 saturated heterocycles. The average molecular weight is 410 g/mol. The summed E-state index contributed by atoms with van der Waals surface area (Å²) in [6.45, 7) is 2.02. The number of nitrogens with one attached hydrogen (secondary N) is 2. The van der Waals surface area contributed by atoms with Gasteiger partial charge in [0, 0.05) is 17.1 Å². The van der Waals surface area contributed by atoms with Gasteiger partial charge in [-0.05, 0) is 49.5 Å². The van der Waals surface area contributed by atoms with E-state index in [1.165, 1.54) is 0 Å². The normalized spacial score (nSPS) is 10.9. The van der Waals surface area contributed by atoms with Crippen LogP contribution in [0.1, 0.15) is 5.56 Å². The van der Waals surface area contributed by atoms with Crippen molar-refractivity contribution in [3.8, 4) is 11.4 Å². The van der Waals surface area contributed by atoms with Crippen molar-refractivity contribution < 1.29 is 4.79 Å². The minimum absolute atomic E-state index is 0.0234. The predicted molar refractivity (Wildman–Crippen MR) is 113 cm³/mol. The number of aromatic amines is 1. The first kappa shape index (κ1) is 18.3. The van der Waals surface area contributed by atoms with E-state index in [0.717, 1.165) is 16.5 Å². The Morgan fingerprint density at radius 3 is 2.93 bits per heavy atom. The van der Waals surface area contributed by atoms with Gasteiger partial charge in [0.05, 0.1) is 16.2 Å². The summed E-state index contributed by atoms with van der Waals surface area (Å²) in [5.74, 6) is 0.378. The molecule has 0 unspecified atom stereocenters. The summed E-state index contributed by atoms with van der Waals surface area (Å²) in [5, 5.41) is 11.3. The fraction of sp³-hybridized carbons (Fsp3) is 0.100. The van der Waals surface area contributed by atoms with Crippen LogP contribution in [0.15, 0.2) is 54.7 Å². The third-order valence-electron chi connectivity index (χ3n) is 4.33. The number of benzene rings is 2. The Hall–Kier alpha value is -3.03. The molecule has 0 aliphatic heterocycles. The van der Waals surface area contributed by atoms with Crippen molar-refractivity contribution in [2.24, 2.45) is 0 Å². The topological polar surface area (TPSA) is 75.6 Å². The van der Waals surface area contributed by atoms with Crippen LogP contribution in [0.5, 0.6) is 0 Å². The number of hydrogen-bond donors (Lipinski definition) is 2. The van der Waals surface area contributed by atoms with Gasteiger partial charge in [0.2, 0.25) is 5.91 Å². The quantitative estimate of drug-likeness (QED) is 0.476. The molecule has 0 aliphatic carbocycles. The van der Waals surface area contributed by atoms with Crippen molar-refractivity contribution >= 4 is 46.3 Å². The van der Waals surface area contributed by atoms with E-state index in [1.807, 2.05) is 37.3 Å². The van der Waals surface area contributed by atoms with E-state index in [1.54, 1.807) is 29.0 Å². The molecule has 8 heteroatoms. The van der Waals surface area contributed by atoms with E-state index < -0.39 is 0 Å². The van der Waals surface area contributed by atoms with Crippen molar-refractivity contribution in [1.29, 1.82) is 0 Å². The Bertz CT molecular complexity index is 1250. The molecular formula is C20H16ClN5OS. The van der Waals surface area contributed by atoms with Gasteiger partial charge in [-0.3, -0.25) is 19.4 Å². The summed E-state index contributed by atoms with van der Waals surface area (Å²) in [6, 6.07) is 15.0. The molecule has 0 bridgehead atoms. The molecule has 0 radical (unpaired) electrons. The molecule has 140 valence electrons. The lowest BCUT2D eigenvalue weighted by molar-refractivity contribution is -0.116. The van der Waals surface area contributed by atoms with Crippen LogP contribution in [0.25, 0.3) is 22.3 Å². The van der Waals surface area contributed by atoms with Crippen LogP contribution < -0.4 is 5.32 Å². The van der Waals surface area contributed by atoms with Gasteiger partial charge in [-0.15, -0.1) is 0 Å². The summed E-state index contributed by atoms with van der Waals surface area (Å²) in [6.07, 6.45) is 1.66. The van der Waals surface area contributed by atoms with Gasteiger partial charge in [-0.1, -0.05) is 35.4 Å². The van der Waals surface area contributed by atoms with E-state index >= 15 is 0 Å². The van der Waals surface area contributed by atoms with Crippen LogP contribution in [0.4, 0.5) is 5.69 Å². The number of rotatable bonds is 4. The number of nitrogens with zero attached hydrogens (tertiary/aromatic N) is 3. The lowest BCUT2D eigenvalue weighted by Gasteiger charge is -2.11. The van der Waals surface area contributed by atoms with Crippen LogP contribution in [0.3, 0.4) is 0 Å². The largest absolute Gasteiger partial charge is 0.323 e. The number of anilines is 1. The summed E-state index contributed by atoms with van der Waals surface area (Å²) >= 11 is 11.5. The number of pyridine rings is 1. The predicted octanol–water partition coefficient (Wildman–Crippen LogP) is 4.76. The first-order valence-corrected chi connectivity index (χ1v) is 9.37. The summed E-state index contributed by atoms with van der Waals surface area (Å²) in [7, 11) is 0. The van der Waals surface area contributed by atoms with Gasteiger partial charge in [0.1, 0.15) is 6.54 Å². The maximum atomic E-state index is 12.7. The highest BCUT2D eigenvalue weighted by atomic mass is 35.5. The van der Waals surface area contributed by atoms with Gasteiger partial charge < -0.3 is 5.32 Å². The molecule has 0 atom stereocenters. The molecule has 2 heterocycles. The van der Waals surface area contributed by atoms with Gasteiger partial charge in [0.15, 0.2) is 10.6 Å². The number of hydrogen-bond acceptors (Lipinski definition) is 4. The maximum absolute atomic E-state index is 12.7. The van der Waals surface area contributed by atoms with Crippen LogP contribution in [0.2, 0.25) is 5.02 Å². The average Bonchev–Trinajstić information content (AvgIpc) is 3.05. The van der Waals surface area contributed by atoms with E-state index in [-0.39, 0.29) is 12.5 Å². The van der Waals surface area contributed by atoms with Crippen molar-refractivity contribution in [1.82, 2.24) is 19.7 Å². The Balaban J connectivity index is 1.63. The molecule has 28 heavy (non-hydrogen) atoms. The molecule has 4 aromatic rings. The molecule has 0 fully saturated rings. The number of aryl methyl sites for hydroxylation is 1. The van der Waals surface area contributed by atoms with Crippen molar-refractivity contribution in [2.45, 2.75) is 13.5 Å². The summed E-state index contributed by atoms with van der Waals surface area (Å²) in [5.41, 5.74) is 3.22. The minimum Gasteiger partial charge on any atom is -0.323 e. The molecule has 0 aliphatic rings. The van der Waals surface area contributed by atoms with Gasteiger partial charge >= 0.3 is 0 Å². The molecule has 0 saturated carbocycles. The second-order valence-electron chi connectivity index (χ2n) is 6.35. The SMILES string of the molecule is Cc1cccc(-c2n[nH]c(=S)n2CC(=O)Nc2ccc(Cl)c3cccnc23)c1. The van der Waals surface area contributed by atoms with Crippen LogP contribution in [0, 0.1) is 11.7 Å². The molecule has 0 spiro atoms. The number of amides is 1. The number of aromatic nitrogens is 4. The molecule has 6 nitrogen and oxygen atoms in total. The van der Waals surface area contributed by atoms with E-state index in [9.17, 15) is 4.79 Å². The highest BCUT2D eigenvalue weighted by Crippen LogP contribution is 2.28.